The first-order valence-electron chi connectivity index (χ1n) is 4.76. The average Bonchev–Trinajstić information content (AvgIpc) is 2.18. The van der Waals surface area contributed by atoms with Crippen molar-refractivity contribution in [1.29, 1.82) is 0 Å². The van der Waals surface area contributed by atoms with Crippen LogP contribution in [0.2, 0.25) is 5.02 Å². The summed E-state index contributed by atoms with van der Waals surface area (Å²) in [4.78, 5) is 0. The maximum absolute atomic E-state index is 5.94. The lowest BCUT2D eigenvalue weighted by Crippen LogP contribution is -1.95. The molecule has 1 aromatic rings. The minimum atomic E-state index is 0.452. The summed E-state index contributed by atoms with van der Waals surface area (Å²) in [6.07, 6.45) is 2.09. The summed E-state index contributed by atoms with van der Waals surface area (Å²) in [7, 11) is 0. The summed E-state index contributed by atoms with van der Waals surface area (Å²) in [6.45, 7) is 4.26. The van der Waals surface area contributed by atoms with Crippen molar-refractivity contribution in [3.05, 3.63) is 38.8 Å². The Morgan fingerprint density at radius 1 is 1.47 bits per heavy atom. The third kappa shape index (κ3) is 3.82. The molecule has 0 aliphatic heterocycles. The zero-order valence-electron chi connectivity index (χ0n) is 8.73. The molecule has 1 aromatic carbocycles. The first kappa shape index (κ1) is 13.1. The minimum Gasteiger partial charge on any atom is -0.122 e. The molecule has 0 heterocycles. The molecule has 0 saturated heterocycles. The molecule has 3 heteroatoms. The Hall–Kier alpha value is 0.0200. The average molecular weight is 308 g/mol. The van der Waals surface area contributed by atoms with Crippen LogP contribution in [0.1, 0.15) is 19.4 Å². The molecule has 0 amide bonds. The van der Waals surface area contributed by atoms with Crippen LogP contribution in [0.4, 0.5) is 0 Å². The Morgan fingerprint density at radius 2 is 2.13 bits per heavy atom. The molecule has 0 saturated carbocycles. The smallest absolute Gasteiger partial charge is 0.0439 e. The molecule has 0 atom stereocenters. The highest BCUT2D eigenvalue weighted by Gasteiger charge is 2.04. The Labute approximate surface area is 109 Å². The van der Waals surface area contributed by atoms with Crippen LogP contribution < -0.4 is 0 Å². The summed E-state index contributed by atoms with van der Waals surface area (Å²) < 4.78 is 1.04. The fraction of sp³-hybridized carbons (Fsp3) is 0.333. The third-order valence-electron chi connectivity index (χ3n) is 2.19. The van der Waals surface area contributed by atoms with Crippen molar-refractivity contribution in [3.63, 3.8) is 0 Å². The predicted octanol–water partition coefficient (Wildman–Crippen LogP) is 5.38. The Kier molecular flexibility index (Phi) is 5.17. The van der Waals surface area contributed by atoms with E-state index in [0.29, 0.717) is 11.8 Å². The summed E-state index contributed by atoms with van der Waals surface area (Å²) in [5.74, 6) is 1.00. The lowest BCUT2D eigenvalue weighted by Gasteiger charge is -2.08. The monoisotopic (exact) mass is 306 g/mol. The number of benzene rings is 1. The van der Waals surface area contributed by atoms with E-state index in [1.165, 1.54) is 5.57 Å². The molecule has 0 unspecified atom stereocenters. The van der Waals surface area contributed by atoms with Gasteiger partial charge in [0.25, 0.3) is 0 Å². The summed E-state index contributed by atoms with van der Waals surface area (Å²) in [6, 6.07) is 5.74. The second-order valence-electron chi connectivity index (χ2n) is 3.67. The van der Waals surface area contributed by atoms with E-state index in [1.807, 2.05) is 18.2 Å². The third-order valence-corrected chi connectivity index (χ3v) is 3.46. The molecule has 0 fully saturated rings. The maximum Gasteiger partial charge on any atom is 0.0439 e. The van der Waals surface area contributed by atoms with Crippen LogP contribution in [0.15, 0.2) is 28.2 Å². The van der Waals surface area contributed by atoms with Gasteiger partial charge in [-0.25, -0.2) is 0 Å². The fourth-order valence-electron chi connectivity index (χ4n) is 1.18. The Morgan fingerprint density at radius 3 is 2.67 bits per heavy atom. The lowest BCUT2D eigenvalue weighted by atomic mass is 10.0. The molecule has 0 radical (unpaired) electrons. The van der Waals surface area contributed by atoms with Crippen molar-refractivity contribution in [3.8, 4) is 0 Å². The van der Waals surface area contributed by atoms with Gasteiger partial charge < -0.3 is 0 Å². The highest BCUT2D eigenvalue weighted by molar-refractivity contribution is 9.10. The number of hydrogen-bond donors (Lipinski definition) is 0. The van der Waals surface area contributed by atoms with Crippen molar-refractivity contribution < 1.29 is 0 Å². The zero-order chi connectivity index (χ0) is 11.4. The molecule has 0 N–H and O–H groups in total. The van der Waals surface area contributed by atoms with E-state index >= 15 is 0 Å². The first-order valence-corrected chi connectivity index (χ1v) is 6.46. The molecular formula is C12H13BrCl2. The van der Waals surface area contributed by atoms with Gasteiger partial charge in [-0.05, 0) is 29.7 Å². The van der Waals surface area contributed by atoms with Crippen LogP contribution in [0.25, 0.3) is 6.08 Å². The van der Waals surface area contributed by atoms with Gasteiger partial charge in [0.2, 0.25) is 0 Å². The molecule has 0 aliphatic rings. The van der Waals surface area contributed by atoms with Crippen LogP contribution in [0, 0.1) is 5.92 Å². The van der Waals surface area contributed by atoms with E-state index in [1.54, 1.807) is 0 Å². The second-order valence-corrected chi connectivity index (χ2v) is 5.23. The highest BCUT2D eigenvalue weighted by Crippen LogP contribution is 2.25. The molecular weight excluding hydrogens is 295 g/mol. The highest BCUT2D eigenvalue weighted by atomic mass is 79.9. The van der Waals surface area contributed by atoms with Crippen LogP contribution in [0.5, 0.6) is 0 Å². The van der Waals surface area contributed by atoms with Crippen LogP contribution in [0.3, 0.4) is 0 Å². The molecule has 82 valence electrons. The standard InChI is InChI=1S/C12H13BrCl2/c1-8(2)10(7-14)5-9-6-11(15)3-4-12(9)13/h3-6,8H,7H2,1-2H3/b10-5+. The molecule has 0 aromatic heterocycles. The van der Waals surface area contributed by atoms with Gasteiger partial charge in [0.1, 0.15) is 0 Å². The van der Waals surface area contributed by atoms with Crippen molar-refractivity contribution in [2.75, 3.05) is 5.88 Å². The minimum absolute atomic E-state index is 0.452. The van der Waals surface area contributed by atoms with Crippen LogP contribution >= 0.6 is 39.1 Å². The van der Waals surface area contributed by atoms with Crippen molar-refractivity contribution >= 4 is 45.2 Å². The number of rotatable bonds is 3. The fourth-order valence-corrected chi connectivity index (χ4v) is 2.11. The SMILES string of the molecule is CC(C)/C(=C/c1cc(Cl)ccc1Br)CCl. The van der Waals surface area contributed by atoms with Gasteiger partial charge in [0.15, 0.2) is 0 Å². The molecule has 1 rings (SSSR count). The van der Waals surface area contributed by atoms with E-state index < -0.39 is 0 Å². The van der Waals surface area contributed by atoms with Gasteiger partial charge in [-0.1, -0.05) is 53.0 Å². The van der Waals surface area contributed by atoms with E-state index in [4.69, 9.17) is 23.2 Å². The molecule has 15 heavy (non-hydrogen) atoms. The van der Waals surface area contributed by atoms with Crippen LogP contribution in [-0.2, 0) is 0 Å². The summed E-state index contributed by atoms with van der Waals surface area (Å²) in [5, 5.41) is 0.738. The number of allylic oxidation sites excluding steroid dienone is 1. The topological polar surface area (TPSA) is 0 Å². The van der Waals surface area contributed by atoms with E-state index in [2.05, 4.69) is 35.9 Å². The largest absolute Gasteiger partial charge is 0.122 e. The normalized spacial score (nSPS) is 12.3. The summed E-state index contributed by atoms with van der Waals surface area (Å²) >= 11 is 15.3. The number of hydrogen-bond acceptors (Lipinski definition) is 0. The Balaban J connectivity index is 3.10. The lowest BCUT2D eigenvalue weighted by molar-refractivity contribution is 0.778. The van der Waals surface area contributed by atoms with Gasteiger partial charge in [0.05, 0.1) is 0 Å². The van der Waals surface area contributed by atoms with Crippen LogP contribution in [-0.4, -0.2) is 5.88 Å². The molecule has 0 spiro atoms. The van der Waals surface area contributed by atoms with Gasteiger partial charge in [-0.2, -0.15) is 0 Å². The van der Waals surface area contributed by atoms with Gasteiger partial charge in [-0.15, -0.1) is 11.6 Å². The van der Waals surface area contributed by atoms with Crippen molar-refractivity contribution in [2.45, 2.75) is 13.8 Å². The van der Waals surface area contributed by atoms with Gasteiger partial charge in [-0.3, -0.25) is 0 Å². The van der Waals surface area contributed by atoms with Gasteiger partial charge >= 0.3 is 0 Å². The number of halogens is 3. The molecule has 0 aliphatic carbocycles. The van der Waals surface area contributed by atoms with Gasteiger partial charge in [0, 0.05) is 15.4 Å². The van der Waals surface area contributed by atoms with E-state index in [-0.39, 0.29) is 0 Å². The first-order chi connectivity index (χ1) is 7.04. The molecule has 0 bridgehead atoms. The van der Waals surface area contributed by atoms with Crippen molar-refractivity contribution in [1.82, 2.24) is 0 Å². The van der Waals surface area contributed by atoms with E-state index in [9.17, 15) is 0 Å². The maximum atomic E-state index is 5.94. The van der Waals surface area contributed by atoms with E-state index in [0.717, 1.165) is 15.1 Å². The Bertz CT molecular complexity index is 370. The number of alkyl halides is 1. The summed E-state index contributed by atoms with van der Waals surface area (Å²) in [5.41, 5.74) is 2.28. The second kappa shape index (κ2) is 5.93. The quantitative estimate of drug-likeness (QED) is 0.658. The zero-order valence-corrected chi connectivity index (χ0v) is 11.8. The van der Waals surface area contributed by atoms with Crippen molar-refractivity contribution in [2.24, 2.45) is 5.92 Å². The predicted molar refractivity (Wildman–Crippen MR) is 72.7 cm³/mol. The molecule has 0 nitrogen and oxygen atoms in total.